The van der Waals surface area contributed by atoms with Crippen LogP contribution in [0.2, 0.25) is 0 Å². The highest BCUT2D eigenvalue weighted by atomic mass is 32.2. The lowest BCUT2D eigenvalue weighted by Gasteiger charge is -2.26. The van der Waals surface area contributed by atoms with Crippen molar-refractivity contribution in [1.29, 1.82) is 0 Å². The van der Waals surface area contributed by atoms with Crippen LogP contribution in [0.1, 0.15) is 55.6 Å². The molecule has 1 fully saturated rings. The zero-order valence-electron chi connectivity index (χ0n) is 16.1. The molecule has 2 aliphatic rings. The third kappa shape index (κ3) is 3.91. The molecule has 4 nitrogen and oxygen atoms in total. The van der Waals surface area contributed by atoms with Gasteiger partial charge in [0.25, 0.3) is 0 Å². The van der Waals surface area contributed by atoms with Crippen LogP contribution in [0.5, 0.6) is 0 Å². The highest BCUT2D eigenvalue weighted by Crippen LogP contribution is 2.37. The summed E-state index contributed by atoms with van der Waals surface area (Å²) in [4.78, 5) is 13.1. The molecule has 0 saturated carbocycles. The van der Waals surface area contributed by atoms with E-state index in [4.69, 9.17) is 0 Å². The minimum absolute atomic E-state index is 0.0430. The molecule has 1 saturated heterocycles. The predicted octanol–water partition coefficient (Wildman–Crippen LogP) is 4.04. The number of sulfone groups is 1. The number of hydrogen-bond donors (Lipinski definition) is 1. The first-order chi connectivity index (χ1) is 13.6. The molecule has 28 heavy (non-hydrogen) atoms. The summed E-state index contributed by atoms with van der Waals surface area (Å²) in [5.41, 5.74) is 2.35. The van der Waals surface area contributed by atoms with Gasteiger partial charge in [0.1, 0.15) is 5.78 Å². The van der Waals surface area contributed by atoms with E-state index in [9.17, 15) is 13.2 Å². The summed E-state index contributed by atoms with van der Waals surface area (Å²) in [6.07, 6.45) is 6.52. The molecule has 2 aromatic rings. The molecule has 0 spiro atoms. The molecule has 5 heteroatoms. The molecule has 1 N–H and O–H groups in total. The van der Waals surface area contributed by atoms with Gasteiger partial charge in [0.2, 0.25) is 9.84 Å². The quantitative estimate of drug-likeness (QED) is 0.799. The Hall–Kier alpha value is -1.98. The number of fused-ring (bicyclic) bond motifs is 1. The second kappa shape index (κ2) is 8.18. The summed E-state index contributed by atoms with van der Waals surface area (Å²) in [7, 11) is -3.49. The van der Waals surface area contributed by atoms with Crippen molar-refractivity contribution in [2.45, 2.75) is 66.7 Å². The minimum atomic E-state index is -3.49. The van der Waals surface area contributed by atoms with Crippen molar-refractivity contribution < 1.29 is 13.2 Å². The molecular weight excluding hydrogens is 370 g/mol. The number of benzene rings is 2. The Morgan fingerprint density at radius 3 is 2.57 bits per heavy atom. The molecule has 2 aromatic carbocycles. The fourth-order valence-electron chi connectivity index (χ4n) is 4.54. The van der Waals surface area contributed by atoms with Crippen molar-refractivity contribution >= 4 is 15.6 Å². The zero-order chi connectivity index (χ0) is 19.6. The van der Waals surface area contributed by atoms with E-state index in [0.717, 1.165) is 50.6 Å². The maximum absolute atomic E-state index is 12.9. The van der Waals surface area contributed by atoms with Gasteiger partial charge >= 0.3 is 0 Å². The van der Waals surface area contributed by atoms with Crippen molar-refractivity contribution in [2.75, 3.05) is 6.54 Å². The molecule has 1 aliphatic heterocycles. The number of hydrogen-bond acceptors (Lipinski definition) is 4. The average Bonchev–Trinajstić information content (AvgIpc) is 3.27. The fraction of sp³-hybridized carbons (Fsp3) is 0.435. The van der Waals surface area contributed by atoms with Crippen molar-refractivity contribution in [1.82, 2.24) is 5.32 Å². The number of carbonyl (C=O) groups excluding carboxylic acids is 1. The van der Waals surface area contributed by atoms with Crippen LogP contribution in [0.3, 0.4) is 0 Å². The Bertz CT molecular complexity index is 947. The first-order valence-electron chi connectivity index (χ1n) is 10.2. The van der Waals surface area contributed by atoms with Gasteiger partial charge in [-0.1, -0.05) is 24.3 Å². The maximum Gasteiger partial charge on any atom is 0.206 e. The molecule has 1 aliphatic carbocycles. The van der Waals surface area contributed by atoms with Crippen LogP contribution in [0, 0.1) is 0 Å². The molecule has 148 valence electrons. The van der Waals surface area contributed by atoms with Crippen LogP contribution in [-0.2, 0) is 21.1 Å². The normalized spacial score (nSPS) is 22.0. The summed E-state index contributed by atoms with van der Waals surface area (Å²) in [6, 6.07) is 14.2. The molecule has 0 radical (unpaired) electrons. The lowest BCUT2D eigenvalue weighted by molar-refractivity contribution is -0.120. The molecule has 2 atom stereocenters. The maximum atomic E-state index is 12.9. The molecule has 4 rings (SSSR count). The fourth-order valence-corrected chi connectivity index (χ4v) is 5.88. The minimum Gasteiger partial charge on any atom is -0.307 e. The van der Waals surface area contributed by atoms with Gasteiger partial charge in [0, 0.05) is 6.42 Å². The number of carbonyl (C=O) groups is 1. The highest BCUT2D eigenvalue weighted by Gasteiger charge is 2.26. The van der Waals surface area contributed by atoms with Gasteiger partial charge in [0.05, 0.1) is 15.8 Å². The van der Waals surface area contributed by atoms with Crippen LogP contribution >= 0.6 is 0 Å². The lowest BCUT2D eigenvalue weighted by Crippen LogP contribution is -2.30. The molecule has 0 aromatic heterocycles. The Morgan fingerprint density at radius 2 is 1.82 bits per heavy atom. The first-order valence-corrected chi connectivity index (χ1v) is 11.7. The van der Waals surface area contributed by atoms with E-state index in [1.807, 2.05) is 18.2 Å². The van der Waals surface area contributed by atoms with Gasteiger partial charge in [-0.05, 0) is 86.4 Å². The van der Waals surface area contributed by atoms with E-state index < -0.39 is 9.84 Å². The lowest BCUT2D eigenvalue weighted by atomic mass is 9.80. The summed E-state index contributed by atoms with van der Waals surface area (Å²) in [6.45, 7) is 0.946. The van der Waals surface area contributed by atoms with E-state index in [-0.39, 0.29) is 6.04 Å². The smallest absolute Gasteiger partial charge is 0.206 e. The number of aryl methyl sites for hydroxylation is 1. The third-order valence-electron chi connectivity index (χ3n) is 6.10. The topological polar surface area (TPSA) is 63.2 Å². The average molecular weight is 398 g/mol. The third-order valence-corrected chi connectivity index (χ3v) is 7.87. The Morgan fingerprint density at radius 1 is 1.00 bits per heavy atom. The summed E-state index contributed by atoms with van der Waals surface area (Å²) in [5.74, 6) is 0.676. The van der Waals surface area contributed by atoms with Crippen molar-refractivity contribution in [3.05, 3.63) is 59.7 Å². The van der Waals surface area contributed by atoms with Gasteiger partial charge < -0.3 is 5.32 Å². The molecular formula is C23H27NO3S. The number of nitrogens with one attached hydrogen (secondary N) is 1. The molecule has 0 amide bonds. The number of Topliss-reactive ketones (excluding diaryl/α,β-unsaturated/α-hetero) is 1. The van der Waals surface area contributed by atoms with E-state index in [1.54, 1.807) is 30.3 Å². The number of ketones is 1. The molecule has 1 heterocycles. The van der Waals surface area contributed by atoms with Crippen LogP contribution in [0.25, 0.3) is 0 Å². The SMILES string of the molecule is O=C(CC[C@@H]1CCCc2cc(S(=O)(=O)c3ccccc3)ccc21)[C@H]1CCCN1. The van der Waals surface area contributed by atoms with Gasteiger partial charge in [0.15, 0.2) is 0 Å². The zero-order valence-corrected chi connectivity index (χ0v) is 16.9. The van der Waals surface area contributed by atoms with Crippen molar-refractivity contribution in [2.24, 2.45) is 0 Å². The van der Waals surface area contributed by atoms with E-state index >= 15 is 0 Å². The second-order valence-corrected chi connectivity index (χ2v) is 9.87. The summed E-state index contributed by atoms with van der Waals surface area (Å²) >= 11 is 0. The van der Waals surface area contributed by atoms with E-state index in [1.165, 1.54) is 5.56 Å². The van der Waals surface area contributed by atoms with Crippen molar-refractivity contribution in [3.8, 4) is 0 Å². The first kappa shape index (κ1) is 19.3. The van der Waals surface area contributed by atoms with Crippen molar-refractivity contribution in [3.63, 3.8) is 0 Å². The Labute approximate surface area is 167 Å². The standard InChI is InChI=1S/C23H27NO3S/c25-23(22-10-5-15-24-22)14-11-17-6-4-7-18-16-20(12-13-21(17)18)28(26,27)19-8-2-1-3-9-19/h1-3,8-9,12-13,16-17,22,24H,4-7,10-11,14-15H2/t17-,22+/m0/s1. The van der Waals surface area contributed by atoms with Crippen LogP contribution in [0.4, 0.5) is 0 Å². The Kier molecular flexibility index (Phi) is 5.65. The summed E-state index contributed by atoms with van der Waals surface area (Å²) < 4.78 is 25.8. The summed E-state index contributed by atoms with van der Waals surface area (Å²) in [5, 5.41) is 3.29. The Balaban J connectivity index is 1.52. The predicted molar refractivity (Wildman–Crippen MR) is 109 cm³/mol. The van der Waals surface area contributed by atoms with E-state index in [0.29, 0.717) is 27.9 Å². The largest absolute Gasteiger partial charge is 0.307 e. The van der Waals surface area contributed by atoms with Crippen LogP contribution in [-0.4, -0.2) is 26.8 Å². The van der Waals surface area contributed by atoms with Gasteiger partial charge in [-0.3, -0.25) is 4.79 Å². The molecule has 0 unspecified atom stereocenters. The van der Waals surface area contributed by atoms with Crippen LogP contribution < -0.4 is 5.32 Å². The van der Waals surface area contributed by atoms with E-state index in [2.05, 4.69) is 5.32 Å². The van der Waals surface area contributed by atoms with Gasteiger partial charge in [-0.2, -0.15) is 0 Å². The van der Waals surface area contributed by atoms with Crippen LogP contribution in [0.15, 0.2) is 58.3 Å². The van der Waals surface area contributed by atoms with Gasteiger partial charge in [-0.15, -0.1) is 0 Å². The highest BCUT2D eigenvalue weighted by molar-refractivity contribution is 7.91. The molecule has 0 bridgehead atoms. The number of rotatable bonds is 6. The monoisotopic (exact) mass is 397 g/mol. The van der Waals surface area contributed by atoms with Gasteiger partial charge in [-0.25, -0.2) is 8.42 Å². The second-order valence-electron chi connectivity index (χ2n) is 7.92.